The molecule has 0 aromatic carbocycles. The molecule has 3 heteroatoms. The number of aliphatic carboxylic acids is 1. The van der Waals surface area contributed by atoms with E-state index in [1.54, 1.807) is 0 Å². The van der Waals surface area contributed by atoms with Gasteiger partial charge in [-0.3, -0.25) is 4.79 Å². The standard InChI is InChI=1S/C8H12O3/c1-2-8(11,5-7(9)10)6-3-4-6/h2,6,11H,1,3-5H2,(H,9,10). The summed E-state index contributed by atoms with van der Waals surface area (Å²) in [6, 6.07) is 0. The van der Waals surface area contributed by atoms with E-state index >= 15 is 0 Å². The van der Waals surface area contributed by atoms with E-state index in [2.05, 4.69) is 6.58 Å². The Bertz CT molecular complexity index is 184. The summed E-state index contributed by atoms with van der Waals surface area (Å²) in [4.78, 5) is 10.3. The van der Waals surface area contributed by atoms with Crippen LogP contribution in [0.4, 0.5) is 0 Å². The highest BCUT2D eigenvalue weighted by molar-refractivity contribution is 5.68. The topological polar surface area (TPSA) is 57.5 Å². The Morgan fingerprint density at radius 3 is 2.55 bits per heavy atom. The van der Waals surface area contributed by atoms with Gasteiger partial charge in [0.15, 0.2) is 0 Å². The van der Waals surface area contributed by atoms with E-state index in [1.165, 1.54) is 6.08 Å². The van der Waals surface area contributed by atoms with Crippen molar-refractivity contribution in [2.24, 2.45) is 5.92 Å². The van der Waals surface area contributed by atoms with Crippen molar-refractivity contribution in [3.63, 3.8) is 0 Å². The summed E-state index contributed by atoms with van der Waals surface area (Å²) in [5.41, 5.74) is -1.16. The summed E-state index contributed by atoms with van der Waals surface area (Å²) < 4.78 is 0. The minimum Gasteiger partial charge on any atom is -0.481 e. The summed E-state index contributed by atoms with van der Waals surface area (Å²) >= 11 is 0. The maximum Gasteiger partial charge on any atom is 0.306 e. The van der Waals surface area contributed by atoms with Gasteiger partial charge in [-0.15, -0.1) is 6.58 Å². The molecule has 1 rings (SSSR count). The van der Waals surface area contributed by atoms with E-state index < -0.39 is 11.6 Å². The molecule has 0 aliphatic heterocycles. The van der Waals surface area contributed by atoms with Gasteiger partial charge in [-0.25, -0.2) is 0 Å². The van der Waals surface area contributed by atoms with E-state index in [0.717, 1.165) is 12.8 Å². The Hall–Kier alpha value is -0.830. The predicted octanol–water partition coefficient (Wildman–Crippen LogP) is 0.788. The van der Waals surface area contributed by atoms with Gasteiger partial charge in [0.05, 0.1) is 12.0 Å². The molecule has 0 aromatic heterocycles. The molecule has 1 fully saturated rings. The van der Waals surface area contributed by atoms with E-state index in [4.69, 9.17) is 5.11 Å². The maximum atomic E-state index is 10.3. The normalized spacial score (nSPS) is 22.3. The molecule has 0 aromatic rings. The van der Waals surface area contributed by atoms with Crippen molar-refractivity contribution in [3.8, 4) is 0 Å². The average Bonchev–Trinajstić information content (AvgIpc) is 2.66. The molecule has 1 atom stereocenters. The summed E-state index contributed by atoms with van der Waals surface area (Å²) in [6.45, 7) is 3.43. The first-order chi connectivity index (χ1) is 5.08. The van der Waals surface area contributed by atoms with E-state index in [-0.39, 0.29) is 12.3 Å². The van der Waals surface area contributed by atoms with Gasteiger partial charge in [0.2, 0.25) is 0 Å². The van der Waals surface area contributed by atoms with Crippen molar-refractivity contribution in [2.45, 2.75) is 24.9 Å². The third-order valence-corrected chi connectivity index (χ3v) is 2.07. The quantitative estimate of drug-likeness (QED) is 0.591. The minimum absolute atomic E-state index is 0.121. The third-order valence-electron chi connectivity index (χ3n) is 2.07. The fourth-order valence-corrected chi connectivity index (χ4v) is 1.21. The number of carbonyl (C=O) groups is 1. The monoisotopic (exact) mass is 156 g/mol. The molecule has 0 amide bonds. The lowest BCUT2D eigenvalue weighted by Crippen LogP contribution is -2.31. The molecule has 0 bridgehead atoms. The molecule has 11 heavy (non-hydrogen) atoms. The molecular formula is C8H12O3. The molecule has 1 aliphatic carbocycles. The van der Waals surface area contributed by atoms with Gasteiger partial charge in [0, 0.05) is 0 Å². The lowest BCUT2D eigenvalue weighted by molar-refractivity contribution is -0.141. The van der Waals surface area contributed by atoms with Crippen LogP contribution in [0.15, 0.2) is 12.7 Å². The van der Waals surface area contributed by atoms with Gasteiger partial charge in [-0.2, -0.15) is 0 Å². The first-order valence-corrected chi connectivity index (χ1v) is 3.66. The molecule has 1 saturated carbocycles. The van der Waals surface area contributed by atoms with Crippen LogP contribution >= 0.6 is 0 Å². The van der Waals surface area contributed by atoms with E-state index in [1.807, 2.05) is 0 Å². The summed E-state index contributed by atoms with van der Waals surface area (Å²) in [6.07, 6.45) is 2.95. The van der Waals surface area contributed by atoms with Crippen LogP contribution in [-0.2, 0) is 4.79 Å². The Morgan fingerprint density at radius 2 is 2.27 bits per heavy atom. The summed E-state index contributed by atoms with van der Waals surface area (Å²) in [7, 11) is 0. The van der Waals surface area contributed by atoms with Crippen LogP contribution in [0, 0.1) is 5.92 Å². The highest BCUT2D eigenvalue weighted by Gasteiger charge is 2.42. The van der Waals surface area contributed by atoms with Gasteiger partial charge in [-0.1, -0.05) is 6.08 Å². The average molecular weight is 156 g/mol. The lowest BCUT2D eigenvalue weighted by Gasteiger charge is -2.21. The van der Waals surface area contributed by atoms with Gasteiger partial charge < -0.3 is 10.2 Å². The van der Waals surface area contributed by atoms with Crippen LogP contribution in [-0.4, -0.2) is 21.8 Å². The molecule has 0 saturated heterocycles. The number of hydrogen-bond acceptors (Lipinski definition) is 2. The van der Waals surface area contributed by atoms with Crippen molar-refractivity contribution in [3.05, 3.63) is 12.7 Å². The van der Waals surface area contributed by atoms with Crippen LogP contribution in [0.2, 0.25) is 0 Å². The van der Waals surface area contributed by atoms with Crippen LogP contribution in [0.1, 0.15) is 19.3 Å². The largest absolute Gasteiger partial charge is 0.481 e. The Balaban J connectivity index is 2.58. The molecule has 0 spiro atoms. The van der Waals surface area contributed by atoms with E-state index in [9.17, 15) is 9.90 Å². The summed E-state index contributed by atoms with van der Waals surface area (Å²) in [5, 5.41) is 18.1. The maximum absolute atomic E-state index is 10.3. The minimum atomic E-state index is -1.16. The Kier molecular flexibility index (Phi) is 2.00. The number of rotatable bonds is 4. The second-order valence-electron chi connectivity index (χ2n) is 3.04. The zero-order chi connectivity index (χ0) is 8.48. The molecule has 0 radical (unpaired) electrons. The van der Waals surface area contributed by atoms with Gasteiger partial charge in [0.25, 0.3) is 0 Å². The highest BCUT2D eigenvalue weighted by atomic mass is 16.4. The molecular weight excluding hydrogens is 144 g/mol. The van der Waals surface area contributed by atoms with Gasteiger partial charge >= 0.3 is 5.97 Å². The second kappa shape index (κ2) is 2.66. The van der Waals surface area contributed by atoms with Crippen LogP contribution in [0.5, 0.6) is 0 Å². The molecule has 2 N–H and O–H groups in total. The van der Waals surface area contributed by atoms with Crippen LogP contribution in [0.25, 0.3) is 0 Å². The number of aliphatic hydroxyl groups is 1. The van der Waals surface area contributed by atoms with Crippen LogP contribution in [0.3, 0.4) is 0 Å². The van der Waals surface area contributed by atoms with Crippen molar-refractivity contribution in [2.75, 3.05) is 0 Å². The Labute approximate surface area is 65.3 Å². The highest BCUT2D eigenvalue weighted by Crippen LogP contribution is 2.42. The molecule has 62 valence electrons. The molecule has 1 aliphatic rings. The van der Waals surface area contributed by atoms with Crippen LogP contribution < -0.4 is 0 Å². The van der Waals surface area contributed by atoms with Crippen molar-refractivity contribution in [1.82, 2.24) is 0 Å². The Morgan fingerprint density at radius 1 is 1.73 bits per heavy atom. The number of carboxylic acid groups (broad SMARTS) is 1. The van der Waals surface area contributed by atoms with Crippen molar-refractivity contribution < 1.29 is 15.0 Å². The first-order valence-electron chi connectivity index (χ1n) is 3.66. The van der Waals surface area contributed by atoms with Crippen molar-refractivity contribution in [1.29, 1.82) is 0 Å². The molecule has 0 heterocycles. The zero-order valence-corrected chi connectivity index (χ0v) is 6.29. The van der Waals surface area contributed by atoms with Gasteiger partial charge in [0.1, 0.15) is 0 Å². The summed E-state index contributed by atoms with van der Waals surface area (Å²) in [5.74, 6) is -0.851. The second-order valence-corrected chi connectivity index (χ2v) is 3.04. The van der Waals surface area contributed by atoms with Crippen molar-refractivity contribution >= 4 is 5.97 Å². The third kappa shape index (κ3) is 1.80. The lowest BCUT2D eigenvalue weighted by atomic mass is 9.94. The smallest absolute Gasteiger partial charge is 0.306 e. The predicted molar refractivity (Wildman–Crippen MR) is 40.1 cm³/mol. The molecule has 3 nitrogen and oxygen atoms in total. The first kappa shape index (κ1) is 8.27. The fourth-order valence-electron chi connectivity index (χ4n) is 1.21. The SMILES string of the molecule is C=CC(O)(CC(=O)O)C1CC1. The molecule has 1 unspecified atom stereocenters. The van der Waals surface area contributed by atoms with Gasteiger partial charge in [-0.05, 0) is 18.8 Å². The zero-order valence-electron chi connectivity index (χ0n) is 6.29. The van der Waals surface area contributed by atoms with E-state index in [0.29, 0.717) is 0 Å². The number of hydrogen-bond donors (Lipinski definition) is 2. The fraction of sp³-hybridized carbons (Fsp3) is 0.625. The number of carboxylic acids is 1.